The van der Waals surface area contributed by atoms with Crippen molar-refractivity contribution in [1.29, 1.82) is 0 Å². The van der Waals surface area contributed by atoms with E-state index in [0.717, 1.165) is 25.3 Å². The van der Waals surface area contributed by atoms with Crippen LogP contribution in [0.2, 0.25) is 0 Å². The molecule has 24 heavy (non-hydrogen) atoms. The average molecular weight is 337 g/mol. The first-order chi connectivity index (χ1) is 11.7. The highest BCUT2D eigenvalue weighted by Crippen LogP contribution is 2.37. The van der Waals surface area contributed by atoms with Gasteiger partial charge >= 0.3 is 6.43 Å². The molecule has 6 nitrogen and oxygen atoms in total. The smallest absolute Gasteiger partial charge is 0.314 e. The number of pyridine rings is 1. The summed E-state index contributed by atoms with van der Waals surface area (Å²) >= 11 is 0. The lowest BCUT2D eigenvalue weighted by atomic mass is 10.0. The third kappa shape index (κ3) is 3.16. The molecule has 1 aliphatic heterocycles. The van der Waals surface area contributed by atoms with Gasteiger partial charge in [0, 0.05) is 18.7 Å². The van der Waals surface area contributed by atoms with Crippen molar-refractivity contribution in [2.24, 2.45) is 11.8 Å². The molecule has 1 saturated carbocycles. The lowest BCUT2D eigenvalue weighted by molar-refractivity contribution is -0.0149. The largest absolute Gasteiger partial charge is 0.415 e. The molecule has 3 atom stereocenters. The summed E-state index contributed by atoms with van der Waals surface area (Å²) in [7, 11) is 0. The first kappa shape index (κ1) is 15.6. The van der Waals surface area contributed by atoms with Gasteiger partial charge in [-0.15, -0.1) is 10.2 Å². The van der Waals surface area contributed by atoms with Gasteiger partial charge in [-0.05, 0) is 30.9 Å². The molecule has 2 aromatic rings. The molecule has 4 rings (SSSR count). The van der Waals surface area contributed by atoms with Crippen LogP contribution in [0.15, 0.2) is 22.7 Å². The Labute approximate surface area is 137 Å². The molecule has 0 radical (unpaired) electrons. The van der Waals surface area contributed by atoms with E-state index in [2.05, 4.69) is 15.2 Å². The predicted molar refractivity (Wildman–Crippen MR) is 78.1 cm³/mol. The number of halogens is 2. The van der Waals surface area contributed by atoms with Gasteiger partial charge in [-0.25, -0.2) is 0 Å². The molecule has 2 aliphatic rings. The zero-order valence-corrected chi connectivity index (χ0v) is 12.9. The van der Waals surface area contributed by atoms with Gasteiger partial charge in [-0.3, -0.25) is 4.98 Å². The van der Waals surface area contributed by atoms with E-state index in [1.165, 1.54) is 12.6 Å². The lowest BCUT2D eigenvalue weighted by Gasteiger charge is -2.21. The van der Waals surface area contributed by atoms with Crippen molar-refractivity contribution >= 4 is 0 Å². The first-order valence-corrected chi connectivity index (χ1v) is 7.95. The van der Waals surface area contributed by atoms with Crippen LogP contribution in [0.3, 0.4) is 0 Å². The van der Waals surface area contributed by atoms with Crippen LogP contribution in [0.5, 0.6) is 0 Å². The fraction of sp³-hybridized carbons (Fsp3) is 0.562. The minimum Gasteiger partial charge on any atom is -0.415 e. The zero-order chi connectivity index (χ0) is 16.5. The fourth-order valence-corrected chi connectivity index (χ4v) is 3.37. The van der Waals surface area contributed by atoms with E-state index < -0.39 is 12.3 Å². The van der Waals surface area contributed by atoms with Crippen LogP contribution in [-0.2, 0) is 16.1 Å². The third-order valence-electron chi connectivity index (χ3n) is 4.56. The van der Waals surface area contributed by atoms with Crippen LogP contribution < -0.4 is 0 Å². The highest BCUT2D eigenvalue weighted by Gasteiger charge is 2.38. The van der Waals surface area contributed by atoms with Gasteiger partial charge in [0.05, 0.1) is 30.6 Å². The monoisotopic (exact) mass is 337 g/mol. The van der Waals surface area contributed by atoms with Crippen LogP contribution in [0.25, 0.3) is 11.5 Å². The molecular weight excluding hydrogens is 320 g/mol. The van der Waals surface area contributed by atoms with Crippen LogP contribution in [0, 0.1) is 11.8 Å². The van der Waals surface area contributed by atoms with Crippen LogP contribution in [-0.4, -0.2) is 34.5 Å². The Morgan fingerprint density at radius 2 is 2.12 bits per heavy atom. The Bertz CT molecular complexity index is 692. The highest BCUT2D eigenvalue weighted by molar-refractivity contribution is 5.50. The van der Waals surface area contributed by atoms with Gasteiger partial charge in [0.2, 0.25) is 5.89 Å². The summed E-state index contributed by atoms with van der Waals surface area (Å²) in [4.78, 5) is 4.28. The van der Waals surface area contributed by atoms with Crippen molar-refractivity contribution in [1.82, 2.24) is 15.2 Å². The molecular formula is C16H17F2N3O3. The number of hydrogen-bond acceptors (Lipinski definition) is 6. The second-order valence-corrected chi connectivity index (χ2v) is 6.27. The predicted octanol–water partition coefficient (Wildman–Crippen LogP) is 3.01. The molecule has 0 amide bonds. The molecule has 1 aliphatic carbocycles. The van der Waals surface area contributed by atoms with Gasteiger partial charge in [0.25, 0.3) is 5.89 Å². The zero-order valence-electron chi connectivity index (χ0n) is 12.9. The number of aromatic nitrogens is 3. The van der Waals surface area contributed by atoms with Gasteiger partial charge in [0.15, 0.2) is 0 Å². The van der Waals surface area contributed by atoms with E-state index in [-0.39, 0.29) is 12.0 Å². The summed E-state index contributed by atoms with van der Waals surface area (Å²) in [5, 5.41) is 6.90. The molecule has 2 bridgehead atoms. The first-order valence-electron chi connectivity index (χ1n) is 7.95. The second-order valence-electron chi connectivity index (χ2n) is 6.27. The summed E-state index contributed by atoms with van der Waals surface area (Å²) < 4.78 is 41.4. The molecule has 128 valence electrons. The Morgan fingerprint density at radius 1 is 1.21 bits per heavy atom. The number of fused-ring (bicyclic) bond motifs is 2. The SMILES string of the molecule is FC(F)c1nnc(-c2ccc(COC3CC4COCC3C4)nc2)o1. The fourth-order valence-electron chi connectivity index (χ4n) is 3.37. The summed E-state index contributed by atoms with van der Waals surface area (Å²) in [5.74, 6) is 0.443. The van der Waals surface area contributed by atoms with E-state index in [9.17, 15) is 8.78 Å². The van der Waals surface area contributed by atoms with Crippen molar-refractivity contribution in [3.8, 4) is 11.5 Å². The molecule has 2 aromatic heterocycles. The molecule has 2 fully saturated rings. The highest BCUT2D eigenvalue weighted by atomic mass is 19.3. The molecule has 0 spiro atoms. The van der Waals surface area contributed by atoms with Crippen LogP contribution >= 0.6 is 0 Å². The average Bonchev–Trinajstić information content (AvgIpc) is 3.19. The van der Waals surface area contributed by atoms with Crippen molar-refractivity contribution in [3.05, 3.63) is 29.9 Å². The standard InChI is InChI=1S/C16H17F2N3O3/c17-14(18)16-21-20-15(24-16)10-1-2-12(19-5-10)8-23-13-4-9-3-11(13)7-22-6-9/h1-2,5,9,11,13-14H,3-4,6-8H2. The van der Waals surface area contributed by atoms with E-state index in [4.69, 9.17) is 13.9 Å². The van der Waals surface area contributed by atoms with Crippen LogP contribution in [0.4, 0.5) is 8.78 Å². The van der Waals surface area contributed by atoms with Crippen molar-refractivity contribution in [2.45, 2.75) is 32.0 Å². The van der Waals surface area contributed by atoms with Crippen molar-refractivity contribution in [2.75, 3.05) is 13.2 Å². The van der Waals surface area contributed by atoms with Crippen LogP contribution in [0.1, 0.15) is 30.9 Å². The maximum Gasteiger partial charge on any atom is 0.314 e. The topological polar surface area (TPSA) is 70.3 Å². The maximum absolute atomic E-state index is 12.5. The molecule has 0 N–H and O–H groups in total. The number of nitrogens with zero attached hydrogens (tertiary/aromatic N) is 3. The molecule has 3 unspecified atom stereocenters. The van der Waals surface area contributed by atoms with Gasteiger partial charge in [-0.2, -0.15) is 8.78 Å². The van der Waals surface area contributed by atoms with Crippen molar-refractivity contribution in [3.63, 3.8) is 0 Å². The summed E-state index contributed by atoms with van der Waals surface area (Å²) in [6.45, 7) is 2.03. The maximum atomic E-state index is 12.5. The Hall–Kier alpha value is -1.93. The Balaban J connectivity index is 1.37. The van der Waals surface area contributed by atoms with Gasteiger partial charge in [0.1, 0.15) is 0 Å². The number of alkyl halides is 2. The van der Waals surface area contributed by atoms with E-state index in [0.29, 0.717) is 24.0 Å². The van der Waals surface area contributed by atoms with E-state index >= 15 is 0 Å². The second kappa shape index (κ2) is 6.52. The minimum atomic E-state index is -2.78. The molecule has 3 heterocycles. The van der Waals surface area contributed by atoms with Gasteiger partial charge < -0.3 is 13.9 Å². The van der Waals surface area contributed by atoms with E-state index in [1.807, 2.05) is 0 Å². The van der Waals surface area contributed by atoms with Crippen molar-refractivity contribution < 1.29 is 22.7 Å². The summed E-state index contributed by atoms with van der Waals surface area (Å²) in [5.41, 5.74) is 1.28. The normalized spacial score (nSPS) is 26.2. The molecule has 1 saturated heterocycles. The van der Waals surface area contributed by atoms with E-state index in [1.54, 1.807) is 12.1 Å². The number of rotatable bonds is 5. The third-order valence-corrected chi connectivity index (χ3v) is 4.56. The quantitative estimate of drug-likeness (QED) is 0.835. The molecule has 0 aromatic carbocycles. The summed E-state index contributed by atoms with van der Waals surface area (Å²) in [6, 6.07) is 3.49. The lowest BCUT2D eigenvalue weighted by Crippen LogP contribution is -2.23. The number of ether oxygens (including phenoxy) is 2. The number of hydrogen-bond donors (Lipinski definition) is 0. The van der Waals surface area contributed by atoms with Gasteiger partial charge in [-0.1, -0.05) is 0 Å². The summed E-state index contributed by atoms with van der Waals surface area (Å²) in [6.07, 6.45) is 1.20. The molecule has 8 heteroatoms. The Kier molecular flexibility index (Phi) is 4.24. The minimum absolute atomic E-state index is 0.0343. The Morgan fingerprint density at radius 3 is 2.83 bits per heavy atom.